The van der Waals surface area contributed by atoms with Gasteiger partial charge in [0.05, 0.1) is 0 Å². The Hall–Kier alpha value is -0.510. The van der Waals surface area contributed by atoms with Gasteiger partial charge in [0.25, 0.3) is 0 Å². The predicted molar refractivity (Wildman–Crippen MR) is 85.3 cm³/mol. The number of thioether (sulfide) groups is 2. The van der Waals surface area contributed by atoms with Crippen molar-refractivity contribution in [2.45, 2.75) is 26.5 Å². The number of hydrogen-bond donors (Lipinski definition) is 0. The van der Waals surface area contributed by atoms with Crippen molar-refractivity contribution >= 4 is 35.3 Å². The zero-order valence-corrected chi connectivity index (χ0v) is 13.2. The summed E-state index contributed by atoms with van der Waals surface area (Å²) in [6.45, 7) is 2.12. The summed E-state index contributed by atoms with van der Waals surface area (Å²) in [5.74, 6) is 0. The van der Waals surface area contributed by atoms with E-state index in [1.165, 1.54) is 25.1 Å². The van der Waals surface area contributed by atoms with Crippen molar-refractivity contribution in [3.8, 4) is 0 Å². The van der Waals surface area contributed by atoms with Crippen LogP contribution in [-0.2, 0) is 0 Å². The van der Waals surface area contributed by atoms with Crippen molar-refractivity contribution in [2.24, 2.45) is 0 Å². The van der Waals surface area contributed by atoms with Crippen molar-refractivity contribution in [1.82, 2.24) is 0 Å². The Labute approximate surface area is 122 Å². The van der Waals surface area contributed by atoms with Crippen LogP contribution in [0.25, 0.3) is 0 Å². The molecule has 0 unspecified atom stereocenters. The van der Waals surface area contributed by atoms with Gasteiger partial charge in [0.15, 0.2) is 0 Å². The summed E-state index contributed by atoms with van der Waals surface area (Å²) < 4.78 is 0. The summed E-state index contributed by atoms with van der Waals surface area (Å²) in [6, 6.07) is 15.5. The molecule has 0 radical (unpaired) electrons. The number of hydrogen-bond acceptors (Lipinski definition) is 3. The first kappa shape index (κ1) is 13.9. The monoisotopic (exact) mass is 292 g/mol. The molecule has 0 aliphatic carbocycles. The van der Waals surface area contributed by atoms with Crippen LogP contribution in [0, 0.1) is 6.92 Å². The Morgan fingerprint density at radius 2 is 1.17 bits per heavy atom. The van der Waals surface area contributed by atoms with Crippen LogP contribution < -0.4 is 0 Å². The van der Waals surface area contributed by atoms with Gasteiger partial charge in [-0.25, -0.2) is 0 Å². The van der Waals surface area contributed by atoms with Crippen molar-refractivity contribution in [2.75, 3.05) is 12.5 Å². The molecule has 0 nitrogen and oxygen atoms in total. The molecule has 0 spiro atoms. The molecular formula is C15H16S3. The van der Waals surface area contributed by atoms with Gasteiger partial charge in [-0.3, -0.25) is 0 Å². The first-order valence-corrected chi connectivity index (χ1v) is 8.95. The van der Waals surface area contributed by atoms with E-state index >= 15 is 0 Å². The smallest absolute Gasteiger partial charge is 0.0144 e. The number of rotatable bonds is 4. The molecule has 0 heterocycles. The lowest BCUT2D eigenvalue weighted by Crippen LogP contribution is -1.79. The van der Waals surface area contributed by atoms with Gasteiger partial charge in [-0.15, -0.1) is 23.5 Å². The quantitative estimate of drug-likeness (QED) is 0.674. The van der Waals surface area contributed by atoms with Crippen LogP contribution >= 0.6 is 35.3 Å². The molecule has 0 aliphatic heterocycles. The SMILES string of the molecule is CSc1cc(SC)cc(Sc2ccc(C)cc2)c1. The highest BCUT2D eigenvalue weighted by molar-refractivity contribution is 8.00. The van der Waals surface area contributed by atoms with Gasteiger partial charge >= 0.3 is 0 Å². The van der Waals surface area contributed by atoms with Gasteiger partial charge in [-0.05, 0) is 49.8 Å². The van der Waals surface area contributed by atoms with E-state index in [9.17, 15) is 0 Å². The standard InChI is InChI=1S/C15H16S3/c1-11-4-6-12(7-5-11)18-15-9-13(16-2)8-14(10-15)17-3/h4-10H,1-3H3. The van der Waals surface area contributed by atoms with Crippen LogP contribution in [0.3, 0.4) is 0 Å². The largest absolute Gasteiger partial charge is 0.130 e. The second kappa shape index (κ2) is 6.60. The maximum atomic E-state index is 2.26. The fourth-order valence-electron chi connectivity index (χ4n) is 1.58. The Balaban J connectivity index is 2.25. The molecule has 0 amide bonds. The maximum absolute atomic E-state index is 2.26. The summed E-state index contributed by atoms with van der Waals surface area (Å²) in [7, 11) is 0. The normalized spacial score (nSPS) is 10.6. The van der Waals surface area contributed by atoms with E-state index < -0.39 is 0 Å². The fourth-order valence-corrected chi connectivity index (χ4v) is 3.70. The highest BCUT2D eigenvalue weighted by atomic mass is 32.2. The van der Waals surface area contributed by atoms with E-state index in [0.29, 0.717) is 0 Å². The van der Waals surface area contributed by atoms with E-state index in [0.717, 1.165) is 0 Å². The Bertz CT molecular complexity index is 496. The third-order valence-corrected chi connectivity index (χ3v) is 4.98. The minimum Gasteiger partial charge on any atom is -0.130 e. The Morgan fingerprint density at radius 3 is 1.67 bits per heavy atom. The molecule has 2 aromatic rings. The van der Waals surface area contributed by atoms with E-state index in [2.05, 4.69) is 61.9 Å². The molecule has 18 heavy (non-hydrogen) atoms. The van der Waals surface area contributed by atoms with Crippen LogP contribution in [0.4, 0.5) is 0 Å². The second-order valence-corrected chi connectivity index (χ2v) is 6.87. The van der Waals surface area contributed by atoms with E-state index in [1.54, 1.807) is 23.5 Å². The molecule has 0 aliphatic rings. The first-order chi connectivity index (χ1) is 8.71. The van der Waals surface area contributed by atoms with Gasteiger partial charge in [-0.2, -0.15) is 0 Å². The number of aryl methyl sites for hydroxylation is 1. The molecule has 0 atom stereocenters. The zero-order chi connectivity index (χ0) is 13.0. The van der Waals surface area contributed by atoms with Gasteiger partial charge in [-0.1, -0.05) is 29.5 Å². The van der Waals surface area contributed by atoms with Crippen LogP contribution in [-0.4, -0.2) is 12.5 Å². The summed E-state index contributed by atoms with van der Waals surface area (Å²) >= 11 is 5.43. The molecule has 94 valence electrons. The number of benzene rings is 2. The van der Waals surface area contributed by atoms with E-state index in [1.807, 2.05) is 11.8 Å². The van der Waals surface area contributed by atoms with Gasteiger partial charge in [0.2, 0.25) is 0 Å². The van der Waals surface area contributed by atoms with Crippen molar-refractivity contribution in [3.63, 3.8) is 0 Å². The Kier molecular flexibility index (Phi) is 5.10. The van der Waals surface area contributed by atoms with Crippen LogP contribution in [0.2, 0.25) is 0 Å². The highest BCUT2D eigenvalue weighted by Crippen LogP contribution is 2.33. The summed E-state index contributed by atoms with van der Waals surface area (Å²) in [4.78, 5) is 5.27. The topological polar surface area (TPSA) is 0 Å². The lowest BCUT2D eigenvalue weighted by atomic mass is 10.2. The lowest BCUT2D eigenvalue weighted by molar-refractivity contribution is 1.23. The average molecular weight is 292 g/mol. The molecule has 0 bridgehead atoms. The zero-order valence-electron chi connectivity index (χ0n) is 10.8. The predicted octanol–water partition coefficient (Wildman–Crippen LogP) is 5.59. The molecule has 0 N–H and O–H groups in total. The minimum absolute atomic E-state index is 1.30. The fraction of sp³-hybridized carbons (Fsp3) is 0.200. The molecule has 2 aromatic carbocycles. The van der Waals surface area contributed by atoms with Crippen molar-refractivity contribution in [3.05, 3.63) is 48.0 Å². The second-order valence-electron chi connectivity index (χ2n) is 3.96. The van der Waals surface area contributed by atoms with Gasteiger partial charge in [0.1, 0.15) is 0 Å². The minimum atomic E-state index is 1.30. The van der Waals surface area contributed by atoms with Crippen LogP contribution in [0.15, 0.2) is 62.0 Å². The van der Waals surface area contributed by atoms with Crippen molar-refractivity contribution in [1.29, 1.82) is 0 Å². The molecule has 0 aromatic heterocycles. The summed E-state index contributed by atoms with van der Waals surface area (Å²) in [5, 5.41) is 0. The summed E-state index contributed by atoms with van der Waals surface area (Å²) in [6.07, 6.45) is 4.25. The molecule has 2 rings (SSSR count). The lowest BCUT2D eigenvalue weighted by Gasteiger charge is -2.07. The van der Waals surface area contributed by atoms with Crippen LogP contribution in [0.5, 0.6) is 0 Å². The third-order valence-electron chi connectivity index (χ3n) is 2.58. The van der Waals surface area contributed by atoms with Crippen molar-refractivity contribution < 1.29 is 0 Å². The maximum Gasteiger partial charge on any atom is 0.0144 e. The molecule has 0 saturated carbocycles. The van der Waals surface area contributed by atoms with E-state index in [-0.39, 0.29) is 0 Å². The first-order valence-electron chi connectivity index (χ1n) is 5.69. The third kappa shape index (κ3) is 3.74. The Morgan fingerprint density at radius 1 is 0.667 bits per heavy atom. The van der Waals surface area contributed by atoms with Crippen LogP contribution in [0.1, 0.15) is 5.56 Å². The highest BCUT2D eigenvalue weighted by Gasteiger charge is 2.02. The van der Waals surface area contributed by atoms with Gasteiger partial charge < -0.3 is 0 Å². The molecule has 0 fully saturated rings. The van der Waals surface area contributed by atoms with Gasteiger partial charge in [0, 0.05) is 19.6 Å². The molecular weight excluding hydrogens is 276 g/mol. The average Bonchev–Trinajstić information content (AvgIpc) is 2.41. The van der Waals surface area contributed by atoms with E-state index in [4.69, 9.17) is 0 Å². The molecule has 3 heteroatoms. The molecule has 0 saturated heterocycles. The summed E-state index contributed by atoms with van der Waals surface area (Å²) in [5.41, 5.74) is 1.31.